The summed E-state index contributed by atoms with van der Waals surface area (Å²) in [4.78, 5) is 0. The van der Waals surface area contributed by atoms with E-state index in [9.17, 15) is 0 Å². The number of rotatable bonds is 1. The Morgan fingerprint density at radius 3 is 3.00 bits per heavy atom. The smallest absolute Gasteiger partial charge is 0.0496 e. The third kappa shape index (κ3) is 1.86. The molecule has 18 heavy (non-hydrogen) atoms. The van der Waals surface area contributed by atoms with Crippen LogP contribution in [0.15, 0.2) is 30.5 Å². The molecule has 0 radical (unpaired) electrons. The van der Waals surface area contributed by atoms with Crippen LogP contribution in [-0.2, 0) is 6.42 Å². The zero-order chi connectivity index (χ0) is 12.7. The monoisotopic (exact) mass is 260 g/mol. The van der Waals surface area contributed by atoms with Crippen LogP contribution >= 0.6 is 11.6 Å². The third-order valence-corrected chi connectivity index (χ3v) is 4.02. The van der Waals surface area contributed by atoms with Crippen LogP contribution in [0.4, 0.5) is 0 Å². The Labute approximate surface area is 112 Å². The minimum Gasteiger partial charge on any atom is -0.324 e. The molecular weight excluding hydrogens is 244 g/mol. The molecule has 0 fully saturated rings. The summed E-state index contributed by atoms with van der Waals surface area (Å²) in [6.45, 7) is 2.11. The van der Waals surface area contributed by atoms with Crippen molar-refractivity contribution in [3.05, 3.63) is 52.3 Å². The summed E-state index contributed by atoms with van der Waals surface area (Å²) in [6, 6.07) is 8.36. The Balaban J connectivity index is 2.15. The first-order valence-corrected chi connectivity index (χ1v) is 6.77. The van der Waals surface area contributed by atoms with E-state index < -0.39 is 0 Å². The molecule has 2 nitrogen and oxygen atoms in total. The molecule has 1 heterocycles. The second-order valence-corrected chi connectivity index (χ2v) is 5.45. The molecule has 1 aliphatic carbocycles. The van der Waals surface area contributed by atoms with Gasteiger partial charge in [-0.3, -0.25) is 0 Å². The van der Waals surface area contributed by atoms with Crippen LogP contribution < -0.4 is 5.73 Å². The molecule has 0 amide bonds. The minimum atomic E-state index is 0.189. The van der Waals surface area contributed by atoms with Gasteiger partial charge in [-0.2, -0.15) is 0 Å². The molecule has 0 aliphatic heterocycles. The molecule has 1 aliphatic rings. The van der Waals surface area contributed by atoms with Crippen LogP contribution in [0.2, 0.25) is 5.02 Å². The molecule has 1 unspecified atom stereocenters. The van der Waals surface area contributed by atoms with Crippen LogP contribution in [0, 0.1) is 6.92 Å². The zero-order valence-corrected chi connectivity index (χ0v) is 11.2. The van der Waals surface area contributed by atoms with Crippen molar-refractivity contribution in [1.29, 1.82) is 0 Å². The summed E-state index contributed by atoms with van der Waals surface area (Å²) < 4.78 is 2.25. The fourth-order valence-electron chi connectivity index (χ4n) is 2.80. The summed E-state index contributed by atoms with van der Waals surface area (Å²) in [7, 11) is 0. The molecule has 2 aromatic rings. The van der Waals surface area contributed by atoms with Crippen molar-refractivity contribution < 1.29 is 0 Å². The second-order valence-electron chi connectivity index (χ2n) is 5.02. The number of hydrogen-bond donors (Lipinski definition) is 1. The molecule has 2 N–H and O–H groups in total. The average Bonchev–Trinajstić information content (AvgIpc) is 2.77. The van der Waals surface area contributed by atoms with Crippen LogP contribution in [0.1, 0.15) is 35.7 Å². The van der Waals surface area contributed by atoms with Crippen LogP contribution in [0.25, 0.3) is 5.69 Å². The highest BCUT2D eigenvalue weighted by molar-refractivity contribution is 6.30. The predicted octanol–water partition coefficient (Wildman–Crippen LogP) is 3.78. The maximum Gasteiger partial charge on any atom is 0.0496 e. The molecule has 3 heteroatoms. The third-order valence-electron chi connectivity index (χ3n) is 3.79. The molecule has 94 valence electrons. The van der Waals surface area contributed by atoms with Crippen LogP contribution in [0.5, 0.6) is 0 Å². The maximum atomic E-state index is 6.17. The molecule has 1 atom stereocenters. The lowest BCUT2D eigenvalue weighted by atomic mass is 9.93. The van der Waals surface area contributed by atoms with Gasteiger partial charge in [-0.15, -0.1) is 0 Å². The first-order chi connectivity index (χ1) is 8.66. The molecule has 0 saturated heterocycles. The van der Waals surface area contributed by atoms with Gasteiger partial charge in [-0.1, -0.05) is 17.7 Å². The number of fused-ring (bicyclic) bond motifs is 1. The van der Waals surface area contributed by atoms with E-state index >= 15 is 0 Å². The van der Waals surface area contributed by atoms with Crippen molar-refractivity contribution in [3.8, 4) is 5.69 Å². The highest BCUT2D eigenvalue weighted by atomic mass is 35.5. The molecule has 0 saturated carbocycles. The molecule has 3 rings (SSSR count). The van der Waals surface area contributed by atoms with E-state index in [1.807, 2.05) is 12.1 Å². The molecule has 0 spiro atoms. The van der Waals surface area contributed by atoms with Gasteiger partial charge in [0.05, 0.1) is 0 Å². The fraction of sp³-hybridized carbons (Fsp3) is 0.333. The highest BCUT2D eigenvalue weighted by Gasteiger charge is 2.21. The van der Waals surface area contributed by atoms with E-state index in [-0.39, 0.29) is 6.04 Å². The molecular formula is C15H17ClN2. The van der Waals surface area contributed by atoms with Gasteiger partial charge >= 0.3 is 0 Å². The fourth-order valence-corrected chi connectivity index (χ4v) is 2.96. The molecule has 1 aromatic carbocycles. The van der Waals surface area contributed by atoms with E-state index in [2.05, 4.69) is 29.8 Å². The summed E-state index contributed by atoms with van der Waals surface area (Å²) >= 11 is 6.11. The lowest BCUT2D eigenvalue weighted by Crippen LogP contribution is -2.18. The Kier molecular flexibility index (Phi) is 2.92. The topological polar surface area (TPSA) is 30.9 Å². The lowest BCUT2D eigenvalue weighted by molar-refractivity contribution is 0.560. The lowest BCUT2D eigenvalue weighted by Gasteiger charge is -2.21. The van der Waals surface area contributed by atoms with Crippen molar-refractivity contribution in [3.63, 3.8) is 0 Å². The average molecular weight is 261 g/mol. The first-order valence-electron chi connectivity index (χ1n) is 6.39. The summed E-state index contributed by atoms with van der Waals surface area (Å²) in [6.07, 6.45) is 5.47. The maximum absolute atomic E-state index is 6.17. The summed E-state index contributed by atoms with van der Waals surface area (Å²) in [5.74, 6) is 0. The quantitative estimate of drug-likeness (QED) is 0.831. The number of nitrogens with zero attached hydrogens (tertiary/aromatic N) is 1. The Bertz CT molecular complexity index is 586. The highest BCUT2D eigenvalue weighted by Crippen LogP contribution is 2.32. The van der Waals surface area contributed by atoms with Gasteiger partial charge in [0.25, 0.3) is 0 Å². The van der Waals surface area contributed by atoms with E-state index in [0.29, 0.717) is 0 Å². The van der Waals surface area contributed by atoms with E-state index in [0.717, 1.165) is 30.0 Å². The number of hydrogen-bond acceptors (Lipinski definition) is 1. The van der Waals surface area contributed by atoms with Gasteiger partial charge in [0, 0.05) is 28.6 Å². The molecule has 1 aromatic heterocycles. The Hall–Kier alpha value is -1.25. The van der Waals surface area contributed by atoms with Gasteiger partial charge in [-0.05, 0) is 55.5 Å². The normalized spacial score (nSPS) is 18.7. The van der Waals surface area contributed by atoms with Crippen molar-refractivity contribution in [2.24, 2.45) is 5.73 Å². The number of benzene rings is 1. The number of aromatic nitrogens is 1. The number of aryl methyl sites for hydroxylation is 1. The first kappa shape index (κ1) is 11.8. The second kappa shape index (κ2) is 4.45. The molecule has 0 bridgehead atoms. The van der Waals surface area contributed by atoms with Crippen LogP contribution in [-0.4, -0.2) is 4.57 Å². The van der Waals surface area contributed by atoms with Crippen molar-refractivity contribution in [2.75, 3.05) is 0 Å². The van der Waals surface area contributed by atoms with Gasteiger partial charge in [0.2, 0.25) is 0 Å². The summed E-state index contributed by atoms with van der Waals surface area (Å²) in [5, 5.41) is 0.776. The van der Waals surface area contributed by atoms with Crippen molar-refractivity contribution in [2.45, 2.75) is 32.2 Å². The van der Waals surface area contributed by atoms with Gasteiger partial charge in [-0.25, -0.2) is 0 Å². The van der Waals surface area contributed by atoms with E-state index in [4.69, 9.17) is 17.3 Å². The Morgan fingerprint density at radius 2 is 2.17 bits per heavy atom. The van der Waals surface area contributed by atoms with Gasteiger partial charge in [0.1, 0.15) is 0 Å². The Morgan fingerprint density at radius 1 is 1.33 bits per heavy atom. The van der Waals surface area contributed by atoms with Crippen molar-refractivity contribution >= 4 is 11.6 Å². The van der Waals surface area contributed by atoms with E-state index in [1.165, 1.54) is 16.8 Å². The van der Waals surface area contributed by atoms with Gasteiger partial charge in [0.15, 0.2) is 0 Å². The largest absolute Gasteiger partial charge is 0.324 e. The van der Waals surface area contributed by atoms with Crippen molar-refractivity contribution in [1.82, 2.24) is 4.57 Å². The zero-order valence-electron chi connectivity index (χ0n) is 10.5. The summed E-state index contributed by atoms with van der Waals surface area (Å²) in [5.41, 5.74) is 11.2. The standard InChI is InChI=1S/C15H17ClN2/c1-10-5-6-11(16)9-15(10)18-8-7-12-13(17)3-2-4-14(12)18/h5-9,13H,2-4,17H2,1H3. The minimum absolute atomic E-state index is 0.189. The van der Waals surface area contributed by atoms with E-state index in [1.54, 1.807) is 0 Å². The number of halogens is 1. The predicted molar refractivity (Wildman–Crippen MR) is 75.4 cm³/mol. The van der Waals surface area contributed by atoms with Crippen LogP contribution in [0.3, 0.4) is 0 Å². The SMILES string of the molecule is Cc1ccc(Cl)cc1-n1ccc2c1CCCC2N. The number of nitrogens with two attached hydrogens (primary N) is 1. The van der Waals surface area contributed by atoms with Gasteiger partial charge < -0.3 is 10.3 Å².